The lowest BCUT2D eigenvalue weighted by atomic mass is 9.98. The van der Waals surface area contributed by atoms with Gasteiger partial charge in [-0.25, -0.2) is 0 Å². The second-order valence-corrected chi connectivity index (χ2v) is 5.08. The number of amides is 1. The van der Waals surface area contributed by atoms with E-state index in [-0.39, 0.29) is 11.9 Å². The Labute approximate surface area is 85.6 Å². The van der Waals surface area contributed by atoms with Gasteiger partial charge in [-0.15, -0.1) is 0 Å². The summed E-state index contributed by atoms with van der Waals surface area (Å²) in [5, 5.41) is 0. The minimum absolute atomic E-state index is 0.0718. The van der Waals surface area contributed by atoms with Crippen LogP contribution in [0.5, 0.6) is 0 Å². The molecule has 2 atom stereocenters. The number of rotatable bonds is 3. The zero-order valence-electron chi connectivity index (χ0n) is 9.07. The second-order valence-electron chi connectivity index (χ2n) is 5.08. The molecule has 3 heteroatoms. The number of hydrogen-bond donors (Lipinski definition) is 1. The van der Waals surface area contributed by atoms with Gasteiger partial charge in [0.2, 0.25) is 5.91 Å². The molecule has 0 aromatic carbocycles. The lowest BCUT2D eigenvalue weighted by Gasteiger charge is -2.31. The zero-order valence-corrected chi connectivity index (χ0v) is 9.07. The zero-order chi connectivity index (χ0) is 10.3. The van der Waals surface area contributed by atoms with Crippen LogP contribution in [0.15, 0.2) is 0 Å². The Morgan fingerprint density at radius 1 is 1.43 bits per heavy atom. The standard InChI is InChI=1S/C11H20N2O/c1-7(2)11(8-3-4-8)13-6-9(12)5-10(13)14/h7-9,11H,3-6,12H2,1-2H3. The molecule has 0 bridgehead atoms. The summed E-state index contributed by atoms with van der Waals surface area (Å²) in [7, 11) is 0. The Bertz CT molecular complexity index is 233. The first-order chi connectivity index (χ1) is 6.59. The van der Waals surface area contributed by atoms with Crippen molar-refractivity contribution in [1.82, 2.24) is 4.90 Å². The molecule has 0 spiro atoms. The fraction of sp³-hybridized carbons (Fsp3) is 0.909. The minimum atomic E-state index is 0.0718. The van der Waals surface area contributed by atoms with Crippen molar-refractivity contribution in [1.29, 1.82) is 0 Å². The van der Waals surface area contributed by atoms with Gasteiger partial charge in [-0.3, -0.25) is 4.79 Å². The van der Waals surface area contributed by atoms with Crippen molar-refractivity contribution < 1.29 is 4.79 Å². The molecule has 3 nitrogen and oxygen atoms in total. The van der Waals surface area contributed by atoms with Crippen LogP contribution in [0.3, 0.4) is 0 Å². The molecule has 0 aromatic rings. The summed E-state index contributed by atoms with van der Waals surface area (Å²) < 4.78 is 0. The summed E-state index contributed by atoms with van der Waals surface area (Å²) in [5.74, 6) is 1.59. The van der Waals surface area contributed by atoms with E-state index in [2.05, 4.69) is 13.8 Å². The van der Waals surface area contributed by atoms with Gasteiger partial charge in [-0.05, 0) is 24.7 Å². The van der Waals surface area contributed by atoms with Crippen LogP contribution in [0.25, 0.3) is 0 Å². The van der Waals surface area contributed by atoms with E-state index in [1.165, 1.54) is 12.8 Å². The topological polar surface area (TPSA) is 46.3 Å². The Kier molecular flexibility index (Phi) is 2.52. The van der Waals surface area contributed by atoms with E-state index in [1.807, 2.05) is 4.90 Å². The maximum atomic E-state index is 11.7. The van der Waals surface area contributed by atoms with Gasteiger partial charge >= 0.3 is 0 Å². The first-order valence-corrected chi connectivity index (χ1v) is 5.64. The second kappa shape index (κ2) is 3.54. The average molecular weight is 196 g/mol. The van der Waals surface area contributed by atoms with Crippen LogP contribution in [0.4, 0.5) is 0 Å². The molecule has 14 heavy (non-hydrogen) atoms. The third-order valence-corrected chi connectivity index (χ3v) is 3.34. The fourth-order valence-electron chi connectivity index (χ4n) is 2.64. The van der Waals surface area contributed by atoms with Gasteiger partial charge < -0.3 is 10.6 Å². The highest BCUT2D eigenvalue weighted by Gasteiger charge is 2.42. The maximum absolute atomic E-state index is 11.7. The molecule has 2 rings (SSSR count). The predicted molar refractivity (Wildman–Crippen MR) is 55.7 cm³/mol. The monoisotopic (exact) mass is 196 g/mol. The number of nitrogens with zero attached hydrogens (tertiary/aromatic N) is 1. The molecule has 2 unspecified atom stereocenters. The number of carbonyl (C=O) groups is 1. The molecule has 80 valence electrons. The molecular formula is C11H20N2O. The molecule has 2 N–H and O–H groups in total. The molecule has 1 heterocycles. The SMILES string of the molecule is CC(C)C(C1CC1)N1CC(N)CC1=O. The quantitative estimate of drug-likeness (QED) is 0.731. The Morgan fingerprint density at radius 2 is 2.07 bits per heavy atom. The minimum Gasteiger partial charge on any atom is -0.338 e. The van der Waals surface area contributed by atoms with E-state index in [4.69, 9.17) is 5.73 Å². The van der Waals surface area contributed by atoms with Crippen LogP contribution >= 0.6 is 0 Å². The molecular weight excluding hydrogens is 176 g/mol. The van der Waals surface area contributed by atoms with Crippen molar-refractivity contribution in [2.45, 2.75) is 45.2 Å². The van der Waals surface area contributed by atoms with E-state index in [0.717, 1.165) is 12.5 Å². The molecule has 0 radical (unpaired) electrons. The van der Waals surface area contributed by atoms with Gasteiger partial charge in [0.05, 0.1) is 0 Å². The molecule has 1 aliphatic carbocycles. The first-order valence-electron chi connectivity index (χ1n) is 5.64. The highest BCUT2D eigenvalue weighted by Crippen LogP contribution is 2.39. The summed E-state index contributed by atoms with van der Waals surface area (Å²) in [4.78, 5) is 13.7. The van der Waals surface area contributed by atoms with Gasteiger partial charge in [0.15, 0.2) is 0 Å². The van der Waals surface area contributed by atoms with Crippen LogP contribution in [0.1, 0.15) is 33.1 Å². The fourth-order valence-corrected chi connectivity index (χ4v) is 2.64. The largest absolute Gasteiger partial charge is 0.338 e. The number of likely N-dealkylation sites (tertiary alicyclic amines) is 1. The highest BCUT2D eigenvalue weighted by atomic mass is 16.2. The van der Waals surface area contributed by atoms with Crippen molar-refractivity contribution in [2.75, 3.05) is 6.54 Å². The lowest BCUT2D eigenvalue weighted by Crippen LogP contribution is -2.42. The number of hydrogen-bond acceptors (Lipinski definition) is 2. The Balaban J connectivity index is 2.06. The van der Waals surface area contributed by atoms with Gasteiger partial charge in [0, 0.05) is 25.0 Å². The third-order valence-electron chi connectivity index (χ3n) is 3.34. The van der Waals surface area contributed by atoms with E-state index >= 15 is 0 Å². The van der Waals surface area contributed by atoms with Crippen molar-refractivity contribution >= 4 is 5.91 Å². The highest BCUT2D eigenvalue weighted by molar-refractivity contribution is 5.79. The molecule has 0 aromatic heterocycles. The van der Waals surface area contributed by atoms with Crippen LogP contribution < -0.4 is 5.73 Å². The van der Waals surface area contributed by atoms with Crippen LogP contribution in [0.2, 0.25) is 0 Å². The lowest BCUT2D eigenvalue weighted by molar-refractivity contribution is -0.131. The smallest absolute Gasteiger partial charge is 0.224 e. The van der Waals surface area contributed by atoms with Gasteiger partial charge in [0.1, 0.15) is 0 Å². The van der Waals surface area contributed by atoms with Crippen molar-refractivity contribution in [3.05, 3.63) is 0 Å². The number of nitrogens with two attached hydrogens (primary N) is 1. The van der Waals surface area contributed by atoms with E-state index in [0.29, 0.717) is 18.4 Å². The normalized spacial score (nSPS) is 30.1. The van der Waals surface area contributed by atoms with E-state index in [1.54, 1.807) is 0 Å². The number of carbonyl (C=O) groups excluding carboxylic acids is 1. The maximum Gasteiger partial charge on any atom is 0.224 e. The summed E-state index contributed by atoms with van der Waals surface area (Å²) in [6.45, 7) is 5.19. The van der Waals surface area contributed by atoms with E-state index < -0.39 is 0 Å². The molecule has 2 fully saturated rings. The molecule has 1 saturated carbocycles. The Morgan fingerprint density at radius 3 is 2.43 bits per heavy atom. The molecule has 1 aliphatic heterocycles. The van der Waals surface area contributed by atoms with Crippen LogP contribution in [-0.4, -0.2) is 29.4 Å². The van der Waals surface area contributed by atoms with Gasteiger partial charge in [-0.1, -0.05) is 13.8 Å². The van der Waals surface area contributed by atoms with E-state index in [9.17, 15) is 4.79 Å². The predicted octanol–water partition coefficient (Wildman–Crippen LogP) is 0.981. The summed E-state index contributed by atoms with van der Waals surface area (Å²) in [5.41, 5.74) is 5.81. The van der Waals surface area contributed by atoms with Crippen LogP contribution in [0, 0.1) is 11.8 Å². The van der Waals surface area contributed by atoms with Crippen LogP contribution in [-0.2, 0) is 4.79 Å². The third kappa shape index (κ3) is 1.78. The summed E-state index contributed by atoms with van der Waals surface area (Å²) in [6.07, 6.45) is 3.14. The van der Waals surface area contributed by atoms with Crippen molar-refractivity contribution in [3.63, 3.8) is 0 Å². The first kappa shape index (κ1) is 9.97. The molecule has 1 amide bonds. The van der Waals surface area contributed by atoms with Crippen molar-refractivity contribution in [2.24, 2.45) is 17.6 Å². The van der Waals surface area contributed by atoms with Crippen molar-refractivity contribution in [3.8, 4) is 0 Å². The van der Waals surface area contributed by atoms with Gasteiger partial charge in [0.25, 0.3) is 0 Å². The van der Waals surface area contributed by atoms with Gasteiger partial charge in [-0.2, -0.15) is 0 Å². The Hall–Kier alpha value is -0.570. The molecule has 1 saturated heterocycles. The average Bonchev–Trinajstić information content (AvgIpc) is 2.81. The summed E-state index contributed by atoms with van der Waals surface area (Å²) >= 11 is 0. The molecule has 2 aliphatic rings. The summed E-state index contributed by atoms with van der Waals surface area (Å²) in [6, 6.07) is 0.526.